The first-order valence-corrected chi connectivity index (χ1v) is 7.79. The second kappa shape index (κ2) is 6.04. The van der Waals surface area contributed by atoms with Crippen LogP contribution in [-0.4, -0.2) is 35.4 Å². The van der Waals surface area contributed by atoms with Crippen LogP contribution in [0.25, 0.3) is 0 Å². The van der Waals surface area contributed by atoms with Gasteiger partial charge in [-0.3, -0.25) is 4.79 Å². The molecule has 1 atom stereocenters. The molecule has 0 aromatic heterocycles. The van der Waals surface area contributed by atoms with Crippen LogP contribution >= 0.6 is 0 Å². The fourth-order valence-electron chi connectivity index (χ4n) is 3.82. The molecule has 19 heavy (non-hydrogen) atoms. The summed E-state index contributed by atoms with van der Waals surface area (Å²) < 4.78 is 0.253. The monoisotopic (exact) mass is 267 g/mol. The lowest BCUT2D eigenvalue weighted by molar-refractivity contribution is -0.882. The number of carbonyl (C=O) groups is 2. The fraction of sp³-hybridized carbons (Fsp3) is 0.867. The number of urea groups is 1. The molecule has 0 spiro atoms. The number of piperidine rings is 3. The van der Waals surface area contributed by atoms with E-state index < -0.39 is 0 Å². The molecule has 0 aliphatic carbocycles. The van der Waals surface area contributed by atoms with Crippen molar-refractivity contribution < 1.29 is 14.1 Å². The summed E-state index contributed by atoms with van der Waals surface area (Å²) in [6, 6.07) is -0.420. The smallest absolute Gasteiger partial charge is 0.319 e. The van der Waals surface area contributed by atoms with Crippen molar-refractivity contribution in [1.82, 2.24) is 0 Å². The van der Waals surface area contributed by atoms with Gasteiger partial charge in [-0.2, -0.15) is 0 Å². The Morgan fingerprint density at radius 2 is 1.84 bits per heavy atom. The number of quaternary nitrogens is 1. The maximum Gasteiger partial charge on any atom is 0.414 e. The van der Waals surface area contributed by atoms with E-state index in [9.17, 15) is 9.59 Å². The highest BCUT2D eigenvalue weighted by Gasteiger charge is 2.54. The van der Waals surface area contributed by atoms with Crippen LogP contribution in [0.5, 0.6) is 0 Å². The second-order valence-corrected chi connectivity index (χ2v) is 6.29. The summed E-state index contributed by atoms with van der Waals surface area (Å²) in [7, 11) is 0. The number of rotatable bonds is 6. The van der Waals surface area contributed by atoms with Crippen molar-refractivity contribution in [3.8, 4) is 0 Å². The number of hydrogen-bond acceptors (Lipinski definition) is 2. The minimum Gasteiger partial charge on any atom is -0.319 e. The Morgan fingerprint density at radius 3 is 2.42 bits per heavy atom. The zero-order valence-corrected chi connectivity index (χ0v) is 12.1. The molecule has 2 amide bonds. The Balaban J connectivity index is 1.97. The lowest BCUT2D eigenvalue weighted by Gasteiger charge is -2.50. The molecule has 0 radical (unpaired) electrons. The van der Waals surface area contributed by atoms with E-state index in [1.165, 1.54) is 12.8 Å². The van der Waals surface area contributed by atoms with Gasteiger partial charge in [0.25, 0.3) is 0 Å². The van der Waals surface area contributed by atoms with Gasteiger partial charge in [0, 0.05) is 25.7 Å². The molecule has 3 aliphatic heterocycles. The molecule has 3 aliphatic rings. The summed E-state index contributed by atoms with van der Waals surface area (Å²) in [6.45, 7) is 3.73. The number of nitrogens with zero attached hydrogens (tertiary/aromatic N) is 1. The SMILES string of the molecule is CCCCCCC(=O)C1CC2CC[N+]1(C(N)=O)CC2. The van der Waals surface area contributed by atoms with Gasteiger partial charge in [-0.05, 0) is 12.3 Å². The van der Waals surface area contributed by atoms with Gasteiger partial charge >= 0.3 is 6.03 Å². The van der Waals surface area contributed by atoms with E-state index in [1.54, 1.807) is 0 Å². The number of nitrogens with two attached hydrogens (primary N) is 1. The fourth-order valence-corrected chi connectivity index (χ4v) is 3.82. The van der Waals surface area contributed by atoms with Crippen molar-refractivity contribution in [1.29, 1.82) is 0 Å². The van der Waals surface area contributed by atoms with Gasteiger partial charge in [0.2, 0.25) is 0 Å². The van der Waals surface area contributed by atoms with E-state index in [0.29, 0.717) is 12.3 Å². The largest absolute Gasteiger partial charge is 0.414 e. The molecule has 4 nitrogen and oxygen atoms in total. The van der Waals surface area contributed by atoms with Crippen LogP contribution in [-0.2, 0) is 4.79 Å². The van der Waals surface area contributed by atoms with Gasteiger partial charge in [-0.1, -0.05) is 26.2 Å². The van der Waals surface area contributed by atoms with E-state index in [2.05, 4.69) is 6.92 Å². The Kier molecular flexibility index (Phi) is 4.61. The van der Waals surface area contributed by atoms with Crippen molar-refractivity contribution in [2.75, 3.05) is 13.1 Å². The molecule has 2 bridgehead atoms. The van der Waals surface area contributed by atoms with Crippen molar-refractivity contribution in [2.45, 2.75) is 64.3 Å². The molecule has 3 rings (SSSR count). The van der Waals surface area contributed by atoms with Crippen LogP contribution in [0.3, 0.4) is 0 Å². The summed E-state index contributed by atoms with van der Waals surface area (Å²) >= 11 is 0. The average molecular weight is 267 g/mol. The summed E-state index contributed by atoms with van der Waals surface area (Å²) in [5.74, 6) is 0.920. The predicted octanol–water partition coefficient (Wildman–Crippen LogP) is 2.60. The van der Waals surface area contributed by atoms with E-state index in [-0.39, 0.29) is 22.3 Å². The van der Waals surface area contributed by atoms with Gasteiger partial charge in [0.15, 0.2) is 11.8 Å². The van der Waals surface area contributed by atoms with Gasteiger partial charge in [-0.15, -0.1) is 0 Å². The van der Waals surface area contributed by atoms with Crippen LogP contribution < -0.4 is 5.73 Å². The van der Waals surface area contributed by atoms with Crippen LogP contribution in [0, 0.1) is 5.92 Å². The van der Waals surface area contributed by atoms with Gasteiger partial charge in [-0.25, -0.2) is 9.28 Å². The van der Waals surface area contributed by atoms with Crippen LogP contribution in [0.15, 0.2) is 0 Å². The Labute approximate surface area is 115 Å². The number of carbonyl (C=O) groups excluding carboxylic acids is 2. The highest BCUT2D eigenvalue weighted by Crippen LogP contribution is 2.39. The zero-order valence-electron chi connectivity index (χ0n) is 12.1. The Bertz CT molecular complexity index is 346. The Morgan fingerprint density at radius 1 is 1.16 bits per heavy atom. The highest BCUT2D eigenvalue weighted by molar-refractivity contribution is 5.85. The predicted molar refractivity (Wildman–Crippen MR) is 74.5 cm³/mol. The maximum absolute atomic E-state index is 12.4. The van der Waals surface area contributed by atoms with Crippen LogP contribution in [0.1, 0.15) is 58.3 Å². The van der Waals surface area contributed by atoms with Crippen molar-refractivity contribution in [3.05, 3.63) is 0 Å². The summed E-state index contributed by atoms with van der Waals surface area (Å²) in [6.07, 6.45) is 8.09. The van der Waals surface area contributed by atoms with Crippen molar-refractivity contribution in [3.63, 3.8) is 0 Å². The third kappa shape index (κ3) is 2.83. The lowest BCUT2D eigenvalue weighted by Crippen LogP contribution is -2.70. The first-order chi connectivity index (χ1) is 9.10. The topological polar surface area (TPSA) is 60.2 Å². The van der Waals surface area contributed by atoms with E-state index >= 15 is 0 Å². The number of primary amides is 1. The molecule has 0 saturated carbocycles. The first-order valence-electron chi connectivity index (χ1n) is 7.79. The number of fused-ring (bicyclic) bond motifs is 3. The quantitative estimate of drug-likeness (QED) is 0.594. The highest BCUT2D eigenvalue weighted by atomic mass is 16.2. The molecule has 108 valence electrons. The van der Waals surface area contributed by atoms with Gasteiger partial charge in [0.05, 0.1) is 13.1 Å². The number of ketones is 1. The van der Waals surface area contributed by atoms with Gasteiger partial charge < -0.3 is 5.73 Å². The van der Waals surface area contributed by atoms with Crippen molar-refractivity contribution >= 4 is 11.8 Å². The summed E-state index contributed by atoms with van der Waals surface area (Å²) in [4.78, 5) is 24.3. The van der Waals surface area contributed by atoms with Gasteiger partial charge in [0.1, 0.15) is 0 Å². The normalized spacial score (nSPS) is 33.3. The minimum atomic E-state index is -0.287. The lowest BCUT2D eigenvalue weighted by atomic mass is 9.78. The van der Waals surface area contributed by atoms with Crippen LogP contribution in [0.2, 0.25) is 0 Å². The first kappa shape index (κ1) is 14.5. The minimum absolute atomic E-state index is 0.133. The maximum atomic E-state index is 12.4. The number of unbranched alkanes of at least 4 members (excludes halogenated alkanes) is 3. The average Bonchev–Trinajstić information content (AvgIpc) is 2.44. The molecule has 0 aromatic carbocycles. The molecule has 0 aromatic rings. The third-order valence-electron chi connectivity index (χ3n) is 5.11. The molecular weight excluding hydrogens is 240 g/mol. The number of Topliss-reactive ketones (excluding diaryl/α,β-unsaturated/α-hetero) is 1. The van der Waals surface area contributed by atoms with Crippen molar-refractivity contribution in [2.24, 2.45) is 11.7 Å². The zero-order chi connectivity index (χ0) is 13.9. The van der Waals surface area contributed by atoms with E-state index in [0.717, 1.165) is 45.2 Å². The molecule has 1 unspecified atom stereocenters. The molecule has 3 fully saturated rings. The number of amides is 2. The summed E-state index contributed by atoms with van der Waals surface area (Å²) in [5, 5.41) is 0. The number of hydrogen-bond donors (Lipinski definition) is 1. The molecular formula is C15H27N2O2+. The molecule has 3 saturated heterocycles. The third-order valence-corrected chi connectivity index (χ3v) is 5.11. The van der Waals surface area contributed by atoms with E-state index in [1.807, 2.05) is 0 Å². The Hall–Kier alpha value is -0.900. The molecule has 3 heterocycles. The van der Waals surface area contributed by atoms with E-state index in [4.69, 9.17) is 5.73 Å². The second-order valence-electron chi connectivity index (χ2n) is 6.29. The molecule has 2 N–H and O–H groups in total. The molecule has 4 heteroatoms. The van der Waals surface area contributed by atoms with Crippen LogP contribution in [0.4, 0.5) is 4.79 Å². The summed E-state index contributed by atoms with van der Waals surface area (Å²) in [5.41, 5.74) is 5.62. The standard InChI is InChI=1S/C15H26N2O2/c1-2-3-4-5-6-14(18)13-11-12-7-9-17(13,10-8-12)15(16)19/h12-13H,2-11H2,1H3,(H-,16,19)/p+1.